The summed E-state index contributed by atoms with van der Waals surface area (Å²) in [6.45, 7) is 1.78. The van der Waals surface area contributed by atoms with Crippen LogP contribution < -0.4 is 15.7 Å². The molecule has 0 aliphatic heterocycles. The average molecular weight is 261 g/mol. The Morgan fingerprint density at radius 3 is 2.89 bits per heavy atom. The number of likely N-dealkylation sites (N-methyl/N-ethyl adjacent to an activating group) is 1. The lowest BCUT2D eigenvalue weighted by Crippen LogP contribution is -2.34. The predicted octanol–water partition coefficient (Wildman–Crippen LogP) is 1.35. The highest BCUT2D eigenvalue weighted by Gasteiger charge is 2.11. The van der Waals surface area contributed by atoms with Crippen molar-refractivity contribution in [2.75, 3.05) is 13.7 Å². The van der Waals surface area contributed by atoms with Crippen LogP contribution in [0, 0.1) is 0 Å². The van der Waals surface area contributed by atoms with E-state index in [1.54, 1.807) is 38.2 Å². The zero-order valence-corrected chi connectivity index (χ0v) is 10.8. The standard InChI is InChI=1S/C14H15NO4/c1-9(15-2)12(16)8-18-11-4-5-13-10(7-11)3-6-14(17)19-13/h3-7,9,15H,8H2,1-2H3. The maximum absolute atomic E-state index is 11.6. The second-order valence-electron chi connectivity index (χ2n) is 4.22. The van der Waals surface area contributed by atoms with E-state index in [0.29, 0.717) is 11.3 Å². The third-order valence-corrected chi connectivity index (χ3v) is 2.89. The minimum atomic E-state index is -0.390. The summed E-state index contributed by atoms with van der Waals surface area (Å²) in [6.07, 6.45) is 0. The number of rotatable bonds is 5. The van der Waals surface area contributed by atoms with E-state index in [1.165, 1.54) is 6.07 Å². The second kappa shape index (κ2) is 5.67. The molecule has 0 aliphatic carbocycles. The zero-order chi connectivity index (χ0) is 13.8. The number of nitrogens with one attached hydrogen (secondary N) is 1. The SMILES string of the molecule is CNC(C)C(=O)COc1ccc2oc(=O)ccc2c1. The molecule has 2 aromatic rings. The molecule has 0 radical (unpaired) electrons. The van der Waals surface area contributed by atoms with Crippen molar-refractivity contribution in [2.24, 2.45) is 0 Å². The van der Waals surface area contributed by atoms with Crippen molar-refractivity contribution in [1.29, 1.82) is 0 Å². The molecule has 100 valence electrons. The minimum absolute atomic E-state index is 0.00426. The van der Waals surface area contributed by atoms with E-state index in [9.17, 15) is 9.59 Å². The normalized spacial score (nSPS) is 12.3. The molecule has 1 aromatic heterocycles. The van der Waals surface area contributed by atoms with Crippen LogP contribution in [0.4, 0.5) is 0 Å². The molecule has 0 amide bonds. The molecule has 1 aromatic carbocycles. The highest BCUT2D eigenvalue weighted by molar-refractivity contribution is 5.85. The molecule has 0 aliphatic rings. The molecular weight excluding hydrogens is 246 g/mol. The summed E-state index contributed by atoms with van der Waals surface area (Å²) in [7, 11) is 1.72. The fraction of sp³-hybridized carbons (Fsp3) is 0.286. The Bertz CT molecular complexity index is 647. The Kier molecular flexibility index (Phi) is 3.97. The number of ether oxygens (including phenoxy) is 1. The van der Waals surface area contributed by atoms with E-state index >= 15 is 0 Å². The molecule has 1 heterocycles. The highest BCUT2D eigenvalue weighted by atomic mass is 16.5. The summed E-state index contributed by atoms with van der Waals surface area (Å²) >= 11 is 0. The van der Waals surface area contributed by atoms with Gasteiger partial charge in [0.1, 0.15) is 17.9 Å². The van der Waals surface area contributed by atoms with Crippen molar-refractivity contribution < 1.29 is 13.9 Å². The van der Waals surface area contributed by atoms with Gasteiger partial charge in [-0.3, -0.25) is 4.79 Å². The van der Waals surface area contributed by atoms with Crippen LogP contribution in [0.3, 0.4) is 0 Å². The second-order valence-corrected chi connectivity index (χ2v) is 4.22. The fourth-order valence-electron chi connectivity index (χ4n) is 1.58. The van der Waals surface area contributed by atoms with Crippen LogP contribution >= 0.6 is 0 Å². The van der Waals surface area contributed by atoms with Crippen LogP contribution in [0.1, 0.15) is 6.92 Å². The van der Waals surface area contributed by atoms with Gasteiger partial charge in [0, 0.05) is 11.5 Å². The molecule has 0 spiro atoms. The van der Waals surface area contributed by atoms with Gasteiger partial charge < -0.3 is 14.5 Å². The molecular formula is C14H15NO4. The lowest BCUT2D eigenvalue weighted by atomic mass is 10.2. The van der Waals surface area contributed by atoms with Gasteiger partial charge in [-0.05, 0) is 38.2 Å². The third-order valence-electron chi connectivity index (χ3n) is 2.89. The van der Waals surface area contributed by atoms with Crippen molar-refractivity contribution in [1.82, 2.24) is 5.32 Å². The quantitative estimate of drug-likeness (QED) is 0.823. The highest BCUT2D eigenvalue weighted by Crippen LogP contribution is 2.19. The Balaban J connectivity index is 2.12. The van der Waals surface area contributed by atoms with Gasteiger partial charge in [-0.1, -0.05) is 0 Å². The van der Waals surface area contributed by atoms with E-state index < -0.39 is 0 Å². The van der Waals surface area contributed by atoms with Crippen molar-refractivity contribution in [3.63, 3.8) is 0 Å². The minimum Gasteiger partial charge on any atom is -0.486 e. The van der Waals surface area contributed by atoms with Crippen LogP contribution in [0.2, 0.25) is 0 Å². The van der Waals surface area contributed by atoms with Crippen molar-refractivity contribution in [3.8, 4) is 5.75 Å². The number of Topliss-reactive ketones (excluding diaryl/α,β-unsaturated/α-hetero) is 1. The van der Waals surface area contributed by atoms with Gasteiger partial charge in [0.15, 0.2) is 5.78 Å². The van der Waals surface area contributed by atoms with E-state index in [2.05, 4.69) is 5.32 Å². The maximum atomic E-state index is 11.6. The molecule has 0 saturated carbocycles. The smallest absolute Gasteiger partial charge is 0.336 e. The van der Waals surface area contributed by atoms with Gasteiger partial charge in [-0.2, -0.15) is 0 Å². The summed E-state index contributed by atoms with van der Waals surface area (Å²) in [6, 6.07) is 7.82. The van der Waals surface area contributed by atoms with Crippen LogP contribution in [-0.2, 0) is 4.79 Å². The summed E-state index contributed by atoms with van der Waals surface area (Å²) in [5, 5.41) is 3.61. The predicted molar refractivity (Wildman–Crippen MR) is 71.5 cm³/mol. The first-order valence-electron chi connectivity index (χ1n) is 5.97. The van der Waals surface area contributed by atoms with E-state index in [1.807, 2.05) is 0 Å². The van der Waals surface area contributed by atoms with Gasteiger partial charge in [0.25, 0.3) is 0 Å². The van der Waals surface area contributed by atoms with Gasteiger partial charge >= 0.3 is 5.63 Å². The van der Waals surface area contributed by atoms with E-state index in [0.717, 1.165) is 5.39 Å². The molecule has 0 bridgehead atoms. The molecule has 5 heteroatoms. The van der Waals surface area contributed by atoms with Gasteiger partial charge in [0.2, 0.25) is 0 Å². The number of ketones is 1. The Hall–Kier alpha value is -2.14. The number of carbonyl (C=O) groups excluding carboxylic acids is 1. The summed E-state index contributed by atoms with van der Waals surface area (Å²) < 4.78 is 10.4. The number of carbonyl (C=O) groups is 1. The van der Waals surface area contributed by atoms with Crippen molar-refractivity contribution >= 4 is 16.8 Å². The Labute approximate surface area is 110 Å². The maximum Gasteiger partial charge on any atom is 0.336 e. The number of benzene rings is 1. The summed E-state index contributed by atoms with van der Waals surface area (Å²) in [5.41, 5.74) is 0.106. The molecule has 5 nitrogen and oxygen atoms in total. The van der Waals surface area contributed by atoms with Crippen molar-refractivity contribution in [2.45, 2.75) is 13.0 Å². The van der Waals surface area contributed by atoms with Gasteiger partial charge in [-0.15, -0.1) is 0 Å². The largest absolute Gasteiger partial charge is 0.486 e. The monoisotopic (exact) mass is 261 g/mol. The van der Waals surface area contributed by atoms with Crippen LogP contribution in [-0.4, -0.2) is 25.5 Å². The zero-order valence-electron chi connectivity index (χ0n) is 10.8. The van der Waals surface area contributed by atoms with Crippen molar-refractivity contribution in [3.05, 3.63) is 40.8 Å². The van der Waals surface area contributed by atoms with Crippen LogP contribution in [0.5, 0.6) is 5.75 Å². The lowest BCUT2D eigenvalue weighted by molar-refractivity contribution is -0.122. The number of fused-ring (bicyclic) bond motifs is 1. The lowest BCUT2D eigenvalue weighted by Gasteiger charge is -2.10. The van der Waals surface area contributed by atoms with Crippen LogP contribution in [0.25, 0.3) is 11.0 Å². The fourth-order valence-corrected chi connectivity index (χ4v) is 1.58. The molecule has 19 heavy (non-hydrogen) atoms. The molecule has 1 N–H and O–H groups in total. The first kappa shape index (κ1) is 13.3. The third kappa shape index (κ3) is 3.20. The summed E-state index contributed by atoms with van der Waals surface area (Å²) in [4.78, 5) is 22.7. The first-order valence-corrected chi connectivity index (χ1v) is 5.97. The number of hydrogen-bond acceptors (Lipinski definition) is 5. The first-order chi connectivity index (χ1) is 9.10. The van der Waals surface area contributed by atoms with Gasteiger partial charge in [0.05, 0.1) is 6.04 Å². The Morgan fingerprint density at radius 2 is 2.16 bits per heavy atom. The van der Waals surface area contributed by atoms with Gasteiger partial charge in [-0.25, -0.2) is 4.79 Å². The Morgan fingerprint density at radius 1 is 1.37 bits per heavy atom. The van der Waals surface area contributed by atoms with E-state index in [-0.39, 0.29) is 24.1 Å². The molecule has 0 saturated heterocycles. The molecule has 1 atom stereocenters. The molecule has 0 fully saturated rings. The summed E-state index contributed by atoms with van der Waals surface area (Å²) in [5.74, 6) is 0.542. The average Bonchev–Trinajstić information content (AvgIpc) is 2.43. The topological polar surface area (TPSA) is 68.5 Å². The van der Waals surface area contributed by atoms with Crippen LogP contribution in [0.15, 0.2) is 39.5 Å². The number of hydrogen-bond donors (Lipinski definition) is 1. The molecule has 1 unspecified atom stereocenters. The molecule has 2 rings (SSSR count). The van der Waals surface area contributed by atoms with E-state index in [4.69, 9.17) is 9.15 Å².